The lowest BCUT2D eigenvalue weighted by atomic mass is 10.3. The Morgan fingerprint density at radius 3 is 2.64 bits per heavy atom. The number of rotatable bonds is 9. The van der Waals surface area contributed by atoms with Gasteiger partial charge in [-0.1, -0.05) is 17.7 Å². The molecule has 0 saturated heterocycles. The van der Waals surface area contributed by atoms with E-state index in [1.54, 1.807) is 23.7 Å². The highest BCUT2D eigenvalue weighted by Crippen LogP contribution is 2.15. The minimum absolute atomic E-state index is 0. The van der Waals surface area contributed by atoms with Crippen molar-refractivity contribution in [2.24, 2.45) is 4.99 Å². The predicted octanol–water partition coefficient (Wildman–Crippen LogP) is 3.49. The number of ether oxygens (including phenoxy) is 1. The van der Waals surface area contributed by atoms with Crippen LogP contribution in [0.15, 0.2) is 58.4 Å². The normalized spacial score (nSPS) is 10.9. The van der Waals surface area contributed by atoms with Crippen LogP contribution in [0.25, 0.3) is 0 Å². The van der Waals surface area contributed by atoms with Gasteiger partial charge in [0.15, 0.2) is 5.96 Å². The van der Waals surface area contributed by atoms with Crippen LogP contribution < -0.4 is 15.6 Å². The zero-order chi connectivity index (χ0) is 19.5. The minimum atomic E-state index is 0. The lowest BCUT2D eigenvalue weighted by Crippen LogP contribution is -2.41. The van der Waals surface area contributed by atoms with Crippen LogP contribution in [0.2, 0.25) is 5.02 Å². The van der Waals surface area contributed by atoms with Crippen molar-refractivity contribution >= 4 is 41.5 Å². The molecule has 0 spiro atoms. The van der Waals surface area contributed by atoms with Crippen LogP contribution in [0.5, 0.6) is 5.75 Å². The number of aliphatic imine (C=N–C) groups is 1. The van der Waals surface area contributed by atoms with Gasteiger partial charge in [-0.25, -0.2) is 0 Å². The van der Waals surface area contributed by atoms with Crippen LogP contribution >= 0.6 is 35.6 Å². The predicted molar refractivity (Wildman–Crippen MR) is 126 cm³/mol. The first-order valence-corrected chi connectivity index (χ1v) is 9.43. The Morgan fingerprint density at radius 2 is 1.96 bits per heavy atom. The van der Waals surface area contributed by atoms with E-state index < -0.39 is 0 Å². The van der Waals surface area contributed by atoms with Crippen molar-refractivity contribution in [1.82, 2.24) is 14.8 Å². The second kappa shape index (κ2) is 13.4. The summed E-state index contributed by atoms with van der Waals surface area (Å²) < 4.78 is 7.45. The van der Waals surface area contributed by atoms with Crippen molar-refractivity contribution in [3.05, 3.63) is 64.0 Å². The van der Waals surface area contributed by atoms with Crippen molar-refractivity contribution in [3.63, 3.8) is 0 Å². The average molecular weight is 519 g/mol. The molecule has 2 aromatic rings. The van der Waals surface area contributed by atoms with E-state index in [0.717, 1.165) is 37.6 Å². The summed E-state index contributed by atoms with van der Waals surface area (Å²) in [7, 11) is 3.74. The summed E-state index contributed by atoms with van der Waals surface area (Å²) in [6.07, 6.45) is 3.70. The number of hydrogen-bond donors (Lipinski definition) is 1. The number of likely N-dealkylation sites (N-methyl/N-ethyl adjacent to an activating group) is 1. The van der Waals surface area contributed by atoms with Crippen LogP contribution in [0.3, 0.4) is 0 Å². The number of aromatic nitrogens is 1. The van der Waals surface area contributed by atoms with Crippen molar-refractivity contribution in [2.75, 3.05) is 33.8 Å². The summed E-state index contributed by atoms with van der Waals surface area (Å²) in [5, 5.41) is 4.04. The number of unbranched alkanes of at least 4 members (excludes halogenated alkanes) is 1. The topological polar surface area (TPSA) is 58.9 Å². The maximum Gasteiger partial charge on any atom is 0.250 e. The van der Waals surface area contributed by atoms with Crippen molar-refractivity contribution < 1.29 is 4.74 Å². The Labute approximate surface area is 188 Å². The highest BCUT2D eigenvalue weighted by atomic mass is 127. The Balaban J connectivity index is 0.00000392. The lowest BCUT2D eigenvalue weighted by molar-refractivity contribution is 0.281. The van der Waals surface area contributed by atoms with E-state index in [0.29, 0.717) is 18.2 Å². The van der Waals surface area contributed by atoms with Gasteiger partial charge in [0.05, 0.1) is 6.54 Å². The molecule has 0 aliphatic carbocycles. The van der Waals surface area contributed by atoms with Gasteiger partial charge in [0.1, 0.15) is 12.4 Å². The number of pyridine rings is 1. The summed E-state index contributed by atoms with van der Waals surface area (Å²) >= 11 is 5.87. The standard InChI is InChI=1S/C20H27ClN4O2.HI/c1-22-20(23-12-4-6-14-25-13-5-3-7-19(25)26)24(2)15-16-27-18-10-8-17(21)9-11-18;/h3,5,7-11,13H,4,6,12,14-16H2,1-2H3,(H,22,23);1H. The van der Waals surface area contributed by atoms with Crippen molar-refractivity contribution in [1.29, 1.82) is 0 Å². The van der Waals surface area contributed by atoms with Crippen LogP contribution in [0.4, 0.5) is 0 Å². The molecule has 0 aliphatic heterocycles. The number of aryl methyl sites for hydroxylation is 1. The molecule has 6 nitrogen and oxygen atoms in total. The molecule has 0 aliphatic rings. The molecule has 1 heterocycles. The molecule has 0 bridgehead atoms. The van der Waals surface area contributed by atoms with Gasteiger partial charge in [-0.15, -0.1) is 24.0 Å². The van der Waals surface area contributed by atoms with E-state index >= 15 is 0 Å². The third-order valence-corrected chi connectivity index (χ3v) is 4.34. The van der Waals surface area contributed by atoms with E-state index in [4.69, 9.17) is 16.3 Å². The molecule has 0 radical (unpaired) electrons. The lowest BCUT2D eigenvalue weighted by Gasteiger charge is -2.22. The summed E-state index contributed by atoms with van der Waals surface area (Å²) in [6, 6.07) is 12.6. The number of hydrogen-bond acceptors (Lipinski definition) is 3. The molecule has 0 fully saturated rings. The third-order valence-electron chi connectivity index (χ3n) is 4.09. The summed E-state index contributed by atoms with van der Waals surface area (Å²) in [6.45, 7) is 2.79. The highest BCUT2D eigenvalue weighted by Gasteiger charge is 2.05. The van der Waals surface area contributed by atoms with Gasteiger partial charge in [-0.3, -0.25) is 9.79 Å². The monoisotopic (exact) mass is 518 g/mol. The first-order chi connectivity index (χ1) is 13.1. The van der Waals surface area contributed by atoms with Crippen LogP contribution in [-0.4, -0.2) is 49.2 Å². The van der Waals surface area contributed by atoms with Crippen molar-refractivity contribution in [3.8, 4) is 5.75 Å². The molecule has 1 aromatic heterocycles. The Hall–Kier alpha value is -1.74. The molecule has 0 amide bonds. The van der Waals surface area contributed by atoms with Gasteiger partial charge in [-0.05, 0) is 43.2 Å². The summed E-state index contributed by atoms with van der Waals surface area (Å²) in [4.78, 5) is 18.0. The number of nitrogens with zero attached hydrogens (tertiary/aromatic N) is 3. The van der Waals surface area contributed by atoms with Crippen LogP contribution in [0.1, 0.15) is 12.8 Å². The van der Waals surface area contributed by atoms with Gasteiger partial charge in [0.2, 0.25) is 5.56 Å². The first-order valence-electron chi connectivity index (χ1n) is 9.06. The maximum absolute atomic E-state index is 11.6. The molecule has 154 valence electrons. The first kappa shape index (κ1) is 24.3. The molecule has 0 unspecified atom stereocenters. The minimum Gasteiger partial charge on any atom is -0.492 e. The fourth-order valence-electron chi connectivity index (χ4n) is 2.57. The molecule has 0 saturated carbocycles. The van der Waals surface area contributed by atoms with Gasteiger partial charge in [-0.2, -0.15) is 0 Å². The quantitative estimate of drug-likeness (QED) is 0.239. The Bertz CT molecular complexity index is 780. The van der Waals surface area contributed by atoms with Gasteiger partial charge < -0.3 is 19.5 Å². The molecular weight excluding hydrogens is 491 g/mol. The third kappa shape index (κ3) is 8.52. The van der Waals surface area contributed by atoms with Crippen molar-refractivity contribution in [2.45, 2.75) is 19.4 Å². The molecule has 1 aromatic carbocycles. The molecule has 2 rings (SSSR count). The van der Waals surface area contributed by atoms with E-state index in [-0.39, 0.29) is 29.5 Å². The summed E-state index contributed by atoms with van der Waals surface area (Å²) in [5.41, 5.74) is 0.0432. The highest BCUT2D eigenvalue weighted by molar-refractivity contribution is 14.0. The average Bonchev–Trinajstić information content (AvgIpc) is 2.67. The Morgan fingerprint density at radius 1 is 1.21 bits per heavy atom. The molecule has 0 atom stereocenters. The second-order valence-electron chi connectivity index (χ2n) is 6.14. The van der Waals surface area contributed by atoms with E-state index in [1.165, 1.54) is 0 Å². The van der Waals surface area contributed by atoms with Crippen LogP contribution in [0, 0.1) is 0 Å². The molecule has 28 heavy (non-hydrogen) atoms. The molecule has 1 N–H and O–H groups in total. The Kier molecular flexibility index (Phi) is 11.7. The fraction of sp³-hybridized carbons (Fsp3) is 0.400. The molecule has 8 heteroatoms. The number of benzene rings is 1. The van der Waals surface area contributed by atoms with E-state index in [9.17, 15) is 4.79 Å². The maximum atomic E-state index is 11.6. The zero-order valence-corrected chi connectivity index (χ0v) is 19.4. The van der Waals surface area contributed by atoms with Gasteiger partial charge in [0, 0.05) is 44.5 Å². The van der Waals surface area contributed by atoms with Gasteiger partial charge in [0.25, 0.3) is 0 Å². The number of nitrogens with one attached hydrogen (secondary N) is 1. The van der Waals surface area contributed by atoms with E-state index in [2.05, 4.69) is 10.3 Å². The van der Waals surface area contributed by atoms with Crippen LogP contribution in [-0.2, 0) is 6.54 Å². The second-order valence-corrected chi connectivity index (χ2v) is 6.57. The van der Waals surface area contributed by atoms with Gasteiger partial charge >= 0.3 is 0 Å². The largest absolute Gasteiger partial charge is 0.492 e. The zero-order valence-electron chi connectivity index (χ0n) is 16.3. The summed E-state index contributed by atoms with van der Waals surface area (Å²) in [5.74, 6) is 1.62. The smallest absolute Gasteiger partial charge is 0.250 e. The number of halogens is 2. The SMILES string of the molecule is CN=C(NCCCCn1ccccc1=O)N(C)CCOc1ccc(Cl)cc1.I. The number of guanidine groups is 1. The fourth-order valence-corrected chi connectivity index (χ4v) is 2.70. The molecular formula is C20H28ClIN4O2. The van der Waals surface area contributed by atoms with E-state index in [1.807, 2.05) is 48.5 Å².